The quantitative estimate of drug-likeness (QED) is 0.872. The van der Waals surface area contributed by atoms with E-state index in [9.17, 15) is 9.59 Å². The summed E-state index contributed by atoms with van der Waals surface area (Å²) in [6, 6.07) is 5.28. The molecule has 2 atom stereocenters. The second-order valence-electron chi connectivity index (χ2n) is 7.79. The van der Waals surface area contributed by atoms with Crippen LogP contribution in [0.4, 0.5) is 0 Å². The summed E-state index contributed by atoms with van der Waals surface area (Å²) in [4.78, 5) is 30.7. The smallest absolute Gasteiger partial charge is 0.254 e. The number of aromatic nitrogens is 1. The van der Waals surface area contributed by atoms with Gasteiger partial charge in [-0.05, 0) is 43.7 Å². The molecule has 0 spiro atoms. The Morgan fingerprint density at radius 1 is 1.30 bits per heavy atom. The van der Waals surface area contributed by atoms with Crippen molar-refractivity contribution in [2.45, 2.75) is 39.2 Å². The molecule has 1 fully saturated rings. The van der Waals surface area contributed by atoms with Crippen molar-refractivity contribution >= 4 is 22.7 Å². The Bertz CT molecular complexity index is 867. The lowest BCUT2D eigenvalue weighted by Gasteiger charge is -2.29. The number of morpholine rings is 1. The lowest BCUT2D eigenvalue weighted by Crippen LogP contribution is -2.50. The molecule has 4 rings (SSSR count). The van der Waals surface area contributed by atoms with Gasteiger partial charge >= 0.3 is 0 Å². The summed E-state index contributed by atoms with van der Waals surface area (Å²) in [5.74, 6) is 0.403. The number of para-hydroxylation sites is 1. The average Bonchev–Trinajstić information content (AvgIpc) is 3.05. The Labute approximate surface area is 159 Å². The summed E-state index contributed by atoms with van der Waals surface area (Å²) in [7, 11) is 0. The molecule has 1 aromatic carbocycles. The number of hydrogen-bond donors (Lipinski definition) is 2. The van der Waals surface area contributed by atoms with Crippen molar-refractivity contribution in [1.29, 1.82) is 0 Å². The third kappa shape index (κ3) is 3.46. The Hall–Kier alpha value is -2.34. The van der Waals surface area contributed by atoms with Gasteiger partial charge < -0.3 is 19.9 Å². The van der Waals surface area contributed by atoms with E-state index in [1.54, 1.807) is 11.8 Å². The topological polar surface area (TPSA) is 74.4 Å². The van der Waals surface area contributed by atoms with Crippen molar-refractivity contribution in [3.05, 3.63) is 35.0 Å². The van der Waals surface area contributed by atoms with E-state index in [1.165, 1.54) is 17.7 Å². The van der Waals surface area contributed by atoms with Gasteiger partial charge in [-0.1, -0.05) is 19.1 Å². The molecule has 0 bridgehead atoms. The number of hydrogen-bond acceptors (Lipinski definition) is 3. The van der Waals surface area contributed by atoms with Gasteiger partial charge in [0.15, 0.2) is 0 Å². The molecule has 1 saturated heterocycles. The summed E-state index contributed by atoms with van der Waals surface area (Å²) in [6.07, 6.45) is 3.25. The molecule has 2 heterocycles. The van der Waals surface area contributed by atoms with Gasteiger partial charge in [-0.3, -0.25) is 9.59 Å². The van der Waals surface area contributed by atoms with Crippen LogP contribution < -0.4 is 5.32 Å². The monoisotopic (exact) mass is 369 g/mol. The van der Waals surface area contributed by atoms with Gasteiger partial charge in [0.2, 0.25) is 5.91 Å². The number of aryl methyl sites for hydroxylation is 1. The third-order valence-corrected chi connectivity index (χ3v) is 5.75. The Morgan fingerprint density at radius 3 is 2.85 bits per heavy atom. The molecular formula is C21H27N3O3. The first-order chi connectivity index (χ1) is 13.0. The van der Waals surface area contributed by atoms with Crippen LogP contribution >= 0.6 is 0 Å². The van der Waals surface area contributed by atoms with Crippen LogP contribution in [0.15, 0.2) is 18.2 Å². The van der Waals surface area contributed by atoms with Gasteiger partial charge in [0.05, 0.1) is 24.3 Å². The van der Waals surface area contributed by atoms with Crippen LogP contribution in [0.25, 0.3) is 10.9 Å². The minimum absolute atomic E-state index is 0.0570. The van der Waals surface area contributed by atoms with Gasteiger partial charge in [-0.2, -0.15) is 0 Å². The largest absolute Gasteiger partial charge is 0.378 e. The molecule has 0 saturated carbocycles. The maximum atomic E-state index is 12.9. The normalized spacial score (nSPS) is 21.0. The van der Waals surface area contributed by atoms with E-state index in [1.807, 2.05) is 12.1 Å². The molecule has 2 aromatic rings. The van der Waals surface area contributed by atoms with E-state index >= 15 is 0 Å². The summed E-state index contributed by atoms with van der Waals surface area (Å²) in [5, 5.41) is 4.02. The number of carbonyl (C=O) groups is 2. The van der Waals surface area contributed by atoms with Crippen molar-refractivity contribution in [1.82, 2.24) is 15.2 Å². The number of amides is 2. The number of fused-ring (bicyclic) bond motifs is 3. The van der Waals surface area contributed by atoms with E-state index in [0.717, 1.165) is 23.7 Å². The first-order valence-electron chi connectivity index (χ1n) is 9.84. The van der Waals surface area contributed by atoms with E-state index in [0.29, 0.717) is 37.8 Å². The van der Waals surface area contributed by atoms with Crippen LogP contribution in [0.1, 0.15) is 41.9 Å². The van der Waals surface area contributed by atoms with Gasteiger partial charge in [-0.25, -0.2) is 0 Å². The lowest BCUT2D eigenvalue weighted by atomic mass is 9.87. The first kappa shape index (κ1) is 18.0. The fourth-order valence-electron chi connectivity index (χ4n) is 4.20. The number of ether oxygens (including phenoxy) is 1. The number of nitrogens with one attached hydrogen (secondary N) is 2. The molecule has 6 nitrogen and oxygen atoms in total. The van der Waals surface area contributed by atoms with Gasteiger partial charge in [0, 0.05) is 24.2 Å². The second kappa shape index (κ2) is 7.35. The van der Waals surface area contributed by atoms with Crippen LogP contribution in [-0.2, 0) is 22.4 Å². The number of H-pyrrole nitrogens is 1. The minimum Gasteiger partial charge on any atom is -0.378 e. The standard InChI is InChI=1S/C21H27N3O3/c1-13-6-7-18-17(12-13)15-4-3-5-16(19(15)23-18)20(25)22-14(2)21(26)24-8-10-27-11-9-24/h3-5,13-14,23H,6-12H2,1-2H3,(H,22,25)/t13-,14+/m1/s1. The van der Waals surface area contributed by atoms with Crippen molar-refractivity contribution in [2.24, 2.45) is 5.92 Å². The van der Waals surface area contributed by atoms with Crippen molar-refractivity contribution in [3.8, 4) is 0 Å². The predicted octanol–water partition coefficient (Wildman–Crippen LogP) is 2.27. The molecule has 6 heteroatoms. The summed E-state index contributed by atoms with van der Waals surface area (Å²) in [5.41, 5.74) is 4.09. The fourth-order valence-corrected chi connectivity index (χ4v) is 4.20. The lowest BCUT2D eigenvalue weighted by molar-refractivity contribution is -0.136. The highest BCUT2D eigenvalue weighted by atomic mass is 16.5. The molecule has 2 N–H and O–H groups in total. The molecule has 2 aliphatic rings. The highest BCUT2D eigenvalue weighted by molar-refractivity contribution is 6.08. The summed E-state index contributed by atoms with van der Waals surface area (Å²) >= 11 is 0. The Morgan fingerprint density at radius 2 is 2.07 bits per heavy atom. The van der Waals surface area contributed by atoms with Crippen LogP contribution in [0, 0.1) is 5.92 Å². The van der Waals surface area contributed by atoms with Crippen LogP contribution in [-0.4, -0.2) is 54.0 Å². The molecule has 144 valence electrons. The van der Waals surface area contributed by atoms with E-state index in [-0.39, 0.29) is 11.8 Å². The van der Waals surface area contributed by atoms with Crippen molar-refractivity contribution in [2.75, 3.05) is 26.3 Å². The van der Waals surface area contributed by atoms with Crippen molar-refractivity contribution in [3.63, 3.8) is 0 Å². The SMILES string of the molecule is C[C@@H]1CCc2[nH]c3c(C(=O)N[C@@H](C)C(=O)N4CCOCC4)cccc3c2C1. The maximum absolute atomic E-state index is 12.9. The molecule has 27 heavy (non-hydrogen) atoms. The van der Waals surface area contributed by atoms with Crippen molar-refractivity contribution < 1.29 is 14.3 Å². The predicted molar refractivity (Wildman–Crippen MR) is 104 cm³/mol. The van der Waals surface area contributed by atoms with Crippen LogP contribution in [0.2, 0.25) is 0 Å². The van der Waals surface area contributed by atoms with Gasteiger partial charge in [-0.15, -0.1) is 0 Å². The first-order valence-corrected chi connectivity index (χ1v) is 9.84. The van der Waals surface area contributed by atoms with Gasteiger partial charge in [0.1, 0.15) is 6.04 Å². The number of nitrogens with zero attached hydrogens (tertiary/aromatic N) is 1. The average molecular weight is 369 g/mol. The Balaban J connectivity index is 1.55. The zero-order valence-electron chi connectivity index (χ0n) is 16.0. The summed E-state index contributed by atoms with van der Waals surface area (Å²) < 4.78 is 5.29. The number of carbonyl (C=O) groups excluding carboxylic acids is 2. The zero-order chi connectivity index (χ0) is 19.0. The highest BCUT2D eigenvalue weighted by Gasteiger charge is 2.26. The molecule has 1 aliphatic heterocycles. The van der Waals surface area contributed by atoms with E-state index < -0.39 is 6.04 Å². The molecule has 2 amide bonds. The maximum Gasteiger partial charge on any atom is 0.254 e. The van der Waals surface area contributed by atoms with E-state index in [4.69, 9.17) is 4.74 Å². The number of aromatic amines is 1. The zero-order valence-corrected chi connectivity index (χ0v) is 16.0. The molecule has 1 aliphatic carbocycles. The third-order valence-electron chi connectivity index (χ3n) is 5.75. The molecule has 0 unspecified atom stereocenters. The van der Waals surface area contributed by atoms with E-state index in [2.05, 4.69) is 23.3 Å². The number of benzene rings is 1. The molecular weight excluding hydrogens is 342 g/mol. The number of rotatable bonds is 3. The molecule has 0 radical (unpaired) electrons. The minimum atomic E-state index is -0.560. The summed E-state index contributed by atoms with van der Waals surface area (Å²) in [6.45, 7) is 6.29. The highest BCUT2D eigenvalue weighted by Crippen LogP contribution is 2.32. The Kier molecular flexibility index (Phi) is 4.91. The van der Waals surface area contributed by atoms with Crippen LogP contribution in [0.3, 0.4) is 0 Å². The van der Waals surface area contributed by atoms with Gasteiger partial charge in [0.25, 0.3) is 5.91 Å². The molecule has 1 aromatic heterocycles. The van der Waals surface area contributed by atoms with Crippen LogP contribution in [0.5, 0.6) is 0 Å². The second-order valence-corrected chi connectivity index (χ2v) is 7.79. The fraction of sp³-hybridized carbons (Fsp3) is 0.524.